The Morgan fingerprint density at radius 3 is 1.57 bits per heavy atom. The number of hydrogen-bond acceptors (Lipinski definition) is 5. The lowest BCUT2D eigenvalue weighted by Crippen LogP contribution is -2.68. The van der Waals surface area contributed by atoms with Gasteiger partial charge in [-0.3, -0.25) is 4.79 Å². The summed E-state index contributed by atoms with van der Waals surface area (Å²) in [6.07, 6.45) is 13.3. The molecule has 0 aliphatic carbocycles. The minimum atomic E-state index is -2.79. The third-order valence-electron chi connectivity index (χ3n) is 11.5. The molecule has 8 heteroatoms. The highest BCUT2D eigenvalue weighted by Gasteiger charge is 2.51. The average molecular weight is 793 g/mol. The summed E-state index contributed by atoms with van der Waals surface area (Å²) in [7, 11) is -6.52. The molecule has 0 bridgehead atoms. The normalized spacial score (nSPS) is 15.3. The molecule has 0 N–H and O–H groups in total. The summed E-state index contributed by atoms with van der Waals surface area (Å²) in [5.74, 6) is -0.0798. The molecule has 0 fully saturated rings. The van der Waals surface area contributed by atoms with Crippen LogP contribution in [0.3, 0.4) is 0 Å². The Bertz CT molecular complexity index is 1380. The van der Waals surface area contributed by atoms with E-state index < -0.39 is 30.4 Å². The lowest BCUT2D eigenvalue weighted by atomic mass is 9.97. The zero-order valence-corrected chi connectivity index (χ0v) is 39.4. The van der Waals surface area contributed by atoms with Crippen molar-refractivity contribution in [3.05, 3.63) is 97.1 Å². The van der Waals surface area contributed by atoms with Gasteiger partial charge in [-0.1, -0.05) is 166 Å². The number of carbonyl (C=O) groups excluding carboxylic acids is 1. The quantitative estimate of drug-likeness (QED) is 0.0637. The molecule has 54 heavy (non-hydrogen) atoms. The number of rotatable bonds is 23. The van der Waals surface area contributed by atoms with Gasteiger partial charge in [0.25, 0.3) is 8.32 Å². The van der Waals surface area contributed by atoms with Crippen LogP contribution < -0.4 is 10.4 Å². The first-order chi connectivity index (χ1) is 25.5. The Morgan fingerprint density at radius 1 is 0.648 bits per heavy atom. The molecule has 0 heterocycles. The molecule has 0 spiro atoms. The molecule has 302 valence electrons. The van der Waals surface area contributed by atoms with Crippen molar-refractivity contribution in [3.8, 4) is 0 Å². The van der Waals surface area contributed by atoms with Crippen molar-refractivity contribution in [1.29, 1.82) is 0 Å². The number of carbonyl (C=O) groups is 1. The minimum Gasteiger partial charge on any atom is -0.465 e. The summed E-state index contributed by atoms with van der Waals surface area (Å²) in [4.78, 5) is 12.6. The summed E-state index contributed by atoms with van der Waals surface area (Å²) in [6, 6.07) is 28.3. The molecule has 0 radical (unpaired) electrons. The van der Waals surface area contributed by atoms with Gasteiger partial charge in [0, 0.05) is 5.92 Å². The van der Waals surface area contributed by atoms with E-state index in [0.717, 1.165) is 42.7 Å². The fourth-order valence-corrected chi connectivity index (χ4v) is 17.4. The van der Waals surface area contributed by atoms with Crippen LogP contribution in [-0.2, 0) is 22.8 Å². The van der Waals surface area contributed by atoms with E-state index in [0.29, 0.717) is 13.2 Å². The molecular weight excluding hydrogens is 717 g/mol. The maximum atomic E-state index is 12.6. The second-order valence-corrected chi connectivity index (χ2v) is 30.8. The molecule has 1 unspecified atom stereocenters. The highest BCUT2D eigenvalue weighted by Crippen LogP contribution is 2.38. The fraction of sp³-hybridized carbons (Fsp3) is 0.587. The molecule has 0 aromatic heterocycles. The van der Waals surface area contributed by atoms with Gasteiger partial charge in [-0.05, 0) is 78.9 Å². The highest BCUT2D eigenvalue weighted by atomic mass is 28.4. The van der Waals surface area contributed by atoms with Gasteiger partial charge < -0.3 is 18.0 Å². The summed E-state index contributed by atoms with van der Waals surface area (Å²) in [5, 5.41) is 2.40. The second kappa shape index (κ2) is 22.4. The van der Waals surface area contributed by atoms with Gasteiger partial charge in [0.05, 0.1) is 30.8 Å². The molecule has 0 amide bonds. The van der Waals surface area contributed by atoms with Crippen molar-refractivity contribution < 1.29 is 22.8 Å². The summed E-state index contributed by atoms with van der Waals surface area (Å²) >= 11 is 0. The van der Waals surface area contributed by atoms with Crippen LogP contribution in [0.1, 0.15) is 96.4 Å². The van der Waals surface area contributed by atoms with Crippen LogP contribution in [-0.4, -0.2) is 56.3 Å². The number of ether oxygens (including phenoxy) is 1. The molecule has 0 aliphatic heterocycles. The largest absolute Gasteiger partial charge is 0.465 e. The SMILES string of the molecule is CC[Si](CC)(CC)OC[C@H](/C=C/C=C/C=C/C[C@H](O[Si](CC)(CC)CC)C(C)COC(=O)C(C)(C)C)O[Si](c1ccccc1)(c1ccccc1)C(C)(C)C. The van der Waals surface area contributed by atoms with Crippen molar-refractivity contribution in [2.24, 2.45) is 11.3 Å². The van der Waals surface area contributed by atoms with Crippen LogP contribution in [0.2, 0.25) is 41.3 Å². The van der Waals surface area contributed by atoms with Gasteiger partial charge in [-0.2, -0.15) is 0 Å². The van der Waals surface area contributed by atoms with E-state index in [9.17, 15) is 4.79 Å². The van der Waals surface area contributed by atoms with Crippen LogP contribution in [0.5, 0.6) is 0 Å². The van der Waals surface area contributed by atoms with Crippen molar-refractivity contribution in [3.63, 3.8) is 0 Å². The van der Waals surface area contributed by atoms with Gasteiger partial charge in [0.1, 0.15) is 0 Å². The summed E-state index contributed by atoms with van der Waals surface area (Å²) in [6.45, 7) is 29.4. The van der Waals surface area contributed by atoms with Gasteiger partial charge in [-0.25, -0.2) is 0 Å². The van der Waals surface area contributed by atoms with E-state index in [-0.39, 0.29) is 29.1 Å². The van der Waals surface area contributed by atoms with Crippen molar-refractivity contribution in [2.45, 2.75) is 150 Å². The molecular formula is C46H76O5Si3. The maximum absolute atomic E-state index is 12.6. The lowest BCUT2D eigenvalue weighted by molar-refractivity contribution is -0.155. The third-order valence-corrected chi connectivity index (χ3v) is 25.8. The first-order valence-corrected chi connectivity index (χ1v) is 27.8. The molecule has 3 atom stereocenters. The lowest BCUT2D eigenvalue weighted by Gasteiger charge is -2.45. The smallest absolute Gasteiger partial charge is 0.311 e. The Balaban J connectivity index is 2.42. The van der Waals surface area contributed by atoms with E-state index in [4.69, 9.17) is 18.0 Å². The number of benzene rings is 2. The van der Waals surface area contributed by atoms with E-state index in [1.807, 2.05) is 20.8 Å². The molecule has 0 saturated carbocycles. The maximum Gasteiger partial charge on any atom is 0.311 e. The van der Waals surface area contributed by atoms with E-state index >= 15 is 0 Å². The standard InChI is InChI=1S/C46H76O5Si3/c1-14-52(15-2,16-3)49-38-40(50-54(46(11,12)13,41-32-26-23-27-33-41)42-34-28-24-29-35-42)31-25-21-20-22-30-36-43(51-53(17-4,18-5)19-6)39(7)37-48-44(47)45(8,9)10/h20-35,39-40,43H,14-19,36-38H2,1-13H3/b21-20+,30-22+,31-25+/t39?,40-,43-/m0/s1. The Hall–Kier alpha value is -2.34. The number of allylic oxidation sites excluding steroid dienone is 4. The fourth-order valence-electron chi connectivity index (χ4n) is 7.22. The van der Waals surface area contributed by atoms with E-state index in [1.54, 1.807) is 0 Å². The van der Waals surface area contributed by atoms with Crippen LogP contribution in [0, 0.1) is 11.3 Å². The zero-order chi connectivity index (χ0) is 40.5. The molecule has 0 saturated heterocycles. The van der Waals surface area contributed by atoms with E-state index in [2.05, 4.69) is 166 Å². The monoisotopic (exact) mass is 793 g/mol. The summed E-state index contributed by atoms with van der Waals surface area (Å²) < 4.78 is 27.3. The average Bonchev–Trinajstić information content (AvgIpc) is 3.17. The van der Waals surface area contributed by atoms with E-state index in [1.165, 1.54) is 10.4 Å². The Morgan fingerprint density at radius 2 is 1.13 bits per heavy atom. The molecule has 5 nitrogen and oxygen atoms in total. The van der Waals surface area contributed by atoms with Crippen LogP contribution >= 0.6 is 0 Å². The van der Waals surface area contributed by atoms with Gasteiger partial charge in [0.15, 0.2) is 16.6 Å². The molecule has 0 aliphatic rings. The first-order valence-electron chi connectivity index (χ1n) is 20.8. The van der Waals surface area contributed by atoms with Crippen LogP contribution in [0.25, 0.3) is 0 Å². The zero-order valence-electron chi connectivity index (χ0n) is 36.4. The predicted octanol–water partition coefficient (Wildman–Crippen LogP) is 11.6. The summed E-state index contributed by atoms with van der Waals surface area (Å²) in [5.41, 5.74) is -0.522. The van der Waals surface area contributed by atoms with Crippen molar-refractivity contribution in [2.75, 3.05) is 13.2 Å². The van der Waals surface area contributed by atoms with Gasteiger partial charge in [0.2, 0.25) is 0 Å². The van der Waals surface area contributed by atoms with Crippen molar-refractivity contribution >= 4 is 41.3 Å². The number of esters is 1. The first kappa shape index (κ1) is 47.8. The van der Waals surface area contributed by atoms with Crippen LogP contribution in [0.4, 0.5) is 0 Å². The number of hydrogen-bond donors (Lipinski definition) is 0. The third kappa shape index (κ3) is 13.4. The van der Waals surface area contributed by atoms with Crippen molar-refractivity contribution in [1.82, 2.24) is 0 Å². The van der Waals surface area contributed by atoms with Gasteiger partial charge in [-0.15, -0.1) is 0 Å². The Kier molecular flexibility index (Phi) is 19.8. The highest BCUT2D eigenvalue weighted by molar-refractivity contribution is 6.99. The van der Waals surface area contributed by atoms with Crippen LogP contribution in [0.15, 0.2) is 97.1 Å². The molecule has 2 rings (SSSR count). The van der Waals surface area contributed by atoms with Gasteiger partial charge >= 0.3 is 5.97 Å². The predicted molar refractivity (Wildman–Crippen MR) is 239 cm³/mol. The molecule has 2 aromatic rings. The minimum absolute atomic E-state index is 0.00834. The topological polar surface area (TPSA) is 54.0 Å². The Labute approximate surface area is 334 Å². The molecule has 2 aromatic carbocycles. The second-order valence-electron chi connectivity index (χ2n) is 17.0.